The van der Waals surface area contributed by atoms with E-state index in [9.17, 15) is 4.79 Å². The molecule has 0 unspecified atom stereocenters. The van der Waals surface area contributed by atoms with Crippen molar-refractivity contribution in [2.45, 2.75) is 12.8 Å². The molecule has 0 aromatic carbocycles. The van der Waals surface area contributed by atoms with E-state index in [0.717, 1.165) is 12.0 Å². The van der Waals surface area contributed by atoms with Gasteiger partial charge in [-0.25, -0.2) is 0 Å². The van der Waals surface area contributed by atoms with Crippen molar-refractivity contribution in [1.29, 1.82) is 0 Å². The number of primary amides is 1. The van der Waals surface area contributed by atoms with Gasteiger partial charge in [0.2, 0.25) is 5.91 Å². The molecule has 2 nitrogen and oxygen atoms in total. The van der Waals surface area contributed by atoms with Crippen LogP contribution in [-0.4, -0.2) is 5.91 Å². The van der Waals surface area contributed by atoms with Gasteiger partial charge in [0, 0.05) is 5.57 Å². The Morgan fingerprint density at radius 1 is 1.56 bits per heavy atom. The van der Waals surface area contributed by atoms with Crippen molar-refractivity contribution in [3.63, 3.8) is 0 Å². The lowest BCUT2D eigenvalue weighted by molar-refractivity contribution is -0.114. The first-order chi connectivity index (χ1) is 4.30. The number of nitrogens with two attached hydrogens (primary N) is 1. The summed E-state index contributed by atoms with van der Waals surface area (Å²) in [5.41, 5.74) is 5.76. The van der Waals surface area contributed by atoms with Gasteiger partial charge in [0.15, 0.2) is 0 Å². The Balaban J connectivity index is 2.61. The normalized spacial score (nSPS) is 17.1. The van der Waals surface area contributed by atoms with Crippen LogP contribution in [0.3, 0.4) is 0 Å². The highest BCUT2D eigenvalue weighted by Gasteiger charge is 2.02. The first kappa shape index (κ1) is 6.08. The second-order valence-electron chi connectivity index (χ2n) is 2.00. The molecule has 0 bridgehead atoms. The van der Waals surface area contributed by atoms with Crippen molar-refractivity contribution in [2.24, 2.45) is 5.73 Å². The first-order valence-electron chi connectivity index (χ1n) is 2.94. The molecule has 0 saturated heterocycles. The molecule has 1 aliphatic carbocycles. The van der Waals surface area contributed by atoms with Crippen molar-refractivity contribution in [1.82, 2.24) is 0 Å². The van der Waals surface area contributed by atoms with Gasteiger partial charge in [-0.2, -0.15) is 0 Å². The standard InChI is InChI=1S/C7H9NO/c8-7(9)6-4-2-1-3-5-6/h1-2,5H,3-4H2,(H2,8,9). The summed E-state index contributed by atoms with van der Waals surface area (Å²) >= 11 is 0. The zero-order valence-corrected chi connectivity index (χ0v) is 5.13. The SMILES string of the molecule is NC(=O)C1=CCC=CC1. The second-order valence-corrected chi connectivity index (χ2v) is 2.00. The van der Waals surface area contributed by atoms with Gasteiger partial charge in [0.1, 0.15) is 0 Å². The summed E-state index contributed by atoms with van der Waals surface area (Å²) < 4.78 is 0. The van der Waals surface area contributed by atoms with Gasteiger partial charge in [0.25, 0.3) is 0 Å². The number of amides is 1. The summed E-state index contributed by atoms with van der Waals surface area (Å²) in [6, 6.07) is 0. The van der Waals surface area contributed by atoms with Gasteiger partial charge in [0.05, 0.1) is 0 Å². The molecule has 0 fully saturated rings. The van der Waals surface area contributed by atoms with Crippen LogP contribution in [0, 0.1) is 0 Å². The molecule has 9 heavy (non-hydrogen) atoms. The number of allylic oxidation sites excluding steroid dienone is 3. The molecule has 2 N–H and O–H groups in total. The Hall–Kier alpha value is -1.05. The maximum atomic E-state index is 10.5. The van der Waals surface area contributed by atoms with E-state index in [1.54, 1.807) is 0 Å². The molecule has 0 aromatic rings. The van der Waals surface area contributed by atoms with Gasteiger partial charge < -0.3 is 5.73 Å². The fraction of sp³-hybridized carbons (Fsp3) is 0.286. The monoisotopic (exact) mass is 123 g/mol. The third-order valence-electron chi connectivity index (χ3n) is 1.32. The Morgan fingerprint density at radius 2 is 2.33 bits per heavy atom. The van der Waals surface area contributed by atoms with Crippen LogP contribution in [0.2, 0.25) is 0 Å². The predicted octanol–water partition coefficient (Wildman–Crippen LogP) is 0.748. The van der Waals surface area contributed by atoms with Gasteiger partial charge in [-0.1, -0.05) is 18.2 Å². The van der Waals surface area contributed by atoms with Crippen molar-refractivity contribution < 1.29 is 4.79 Å². The van der Waals surface area contributed by atoms with Crippen LogP contribution in [0.5, 0.6) is 0 Å². The van der Waals surface area contributed by atoms with Gasteiger partial charge in [-0.15, -0.1) is 0 Å². The van der Waals surface area contributed by atoms with Crippen LogP contribution in [-0.2, 0) is 4.79 Å². The highest BCUT2D eigenvalue weighted by molar-refractivity contribution is 5.92. The van der Waals surface area contributed by atoms with Crippen molar-refractivity contribution in [2.75, 3.05) is 0 Å². The molecule has 1 aliphatic rings. The highest BCUT2D eigenvalue weighted by Crippen LogP contribution is 2.08. The van der Waals surface area contributed by atoms with Crippen LogP contribution < -0.4 is 5.73 Å². The maximum Gasteiger partial charge on any atom is 0.244 e. The molecule has 0 radical (unpaired) electrons. The maximum absolute atomic E-state index is 10.5. The molecule has 1 amide bonds. The van der Waals surface area contributed by atoms with Crippen LogP contribution >= 0.6 is 0 Å². The lowest BCUT2D eigenvalue weighted by Crippen LogP contribution is -2.14. The summed E-state index contributed by atoms with van der Waals surface area (Å²) in [6.07, 6.45) is 7.39. The summed E-state index contributed by atoms with van der Waals surface area (Å²) in [6.45, 7) is 0. The number of rotatable bonds is 1. The minimum absolute atomic E-state index is 0.292. The Kier molecular flexibility index (Phi) is 1.68. The third-order valence-corrected chi connectivity index (χ3v) is 1.32. The molecule has 2 heteroatoms. The molecule has 0 saturated carbocycles. The summed E-state index contributed by atoms with van der Waals surface area (Å²) in [7, 11) is 0. The lowest BCUT2D eigenvalue weighted by Gasteiger charge is -2.01. The van der Waals surface area contributed by atoms with Crippen molar-refractivity contribution in [3.8, 4) is 0 Å². The topological polar surface area (TPSA) is 43.1 Å². The smallest absolute Gasteiger partial charge is 0.244 e. The predicted molar refractivity (Wildman–Crippen MR) is 35.7 cm³/mol. The zero-order valence-electron chi connectivity index (χ0n) is 5.13. The third kappa shape index (κ3) is 1.42. The lowest BCUT2D eigenvalue weighted by atomic mass is 10.1. The van der Waals surface area contributed by atoms with Gasteiger partial charge in [-0.3, -0.25) is 4.79 Å². The molecule has 0 spiro atoms. The fourth-order valence-electron chi connectivity index (χ4n) is 0.801. The molecular formula is C7H9NO. The zero-order chi connectivity index (χ0) is 6.69. The van der Waals surface area contributed by atoms with E-state index in [0.29, 0.717) is 6.42 Å². The largest absolute Gasteiger partial charge is 0.366 e. The summed E-state index contributed by atoms with van der Waals surface area (Å²) in [5.74, 6) is -0.292. The number of hydrogen-bond donors (Lipinski definition) is 1. The van der Waals surface area contributed by atoms with E-state index in [1.165, 1.54) is 0 Å². The van der Waals surface area contributed by atoms with E-state index in [4.69, 9.17) is 5.73 Å². The first-order valence-corrected chi connectivity index (χ1v) is 2.94. The quantitative estimate of drug-likeness (QED) is 0.513. The average molecular weight is 123 g/mol. The van der Waals surface area contributed by atoms with E-state index < -0.39 is 0 Å². The minimum Gasteiger partial charge on any atom is -0.366 e. The van der Waals surface area contributed by atoms with Gasteiger partial charge >= 0.3 is 0 Å². The number of carbonyl (C=O) groups excluding carboxylic acids is 1. The summed E-state index contributed by atoms with van der Waals surface area (Å²) in [5, 5.41) is 0. The van der Waals surface area contributed by atoms with Crippen molar-refractivity contribution in [3.05, 3.63) is 23.8 Å². The molecule has 0 aromatic heterocycles. The Morgan fingerprint density at radius 3 is 2.67 bits per heavy atom. The van der Waals surface area contributed by atoms with Crippen LogP contribution in [0.25, 0.3) is 0 Å². The van der Waals surface area contributed by atoms with Crippen LogP contribution in [0.1, 0.15) is 12.8 Å². The van der Waals surface area contributed by atoms with E-state index >= 15 is 0 Å². The Bertz CT molecular complexity index is 179. The molecular weight excluding hydrogens is 114 g/mol. The van der Waals surface area contributed by atoms with E-state index in [-0.39, 0.29) is 5.91 Å². The molecule has 0 aliphatic heterocycles. The number of hydrogen-bond acceptors (Lipinski definition) is 1. The van der Waals surface area contributed by atoms with Crippen LogP contribution in [0.15, 0.2) is 23.8 Å². The fourth-order valence-corrected chi connectivity index (χ4v) is 0.801. The van der Waals surface area contributed by atoms with Crippen LogP contribution in [0.4, 0.5) is 0 Å². The second kappa shape index (κ2) is 2.49. The van der Waals surface area contributed by atoms with E-state index in [2.05, 4.69) is 0 Å². The molecule has 0 atom stereocenters. The van der Waals surface area contributed by atoms with E-state index in [1.807, 2.05) is 18.2 Å². The Labute approximate surface area is 54.0 Å². The minimum atomic E-state index is -0.292. The number of carbonyl (C=O) groups is 1. The summed E-state index contributed by atoms with van der Waals surface area (Å²) in [4.78, 5) is 10.5. The van der Waals surface area contributed by atoms with Crippen molar-refractivity contribution >= 4 is 5.91 Å². The van der Waals surface area contributed by atoms with Gasteiger partial charge in [-0.05, 0) is 12.8 Å². The average Bonchev–Trinajstić information content (AvgIpc) is 1.90. The molecule has 0 heterocycles. The highest BCUT2D eigenvalue weighted by atomic mass is 16.1. The molecule has 48 valence electrons. The molecule has 1 rings (SSSR count).